The number of carbonyl (C=O) groups excluding carboxylic acids is 2. The van der Waals surface area contributed by atoms with Crippen LogP contribution in [0.25, 0.3) is 6.08 Å². The molecule has 2 aliphatic carbocycles. The zero-order valence-corrected chi connectivity index (χ0v) is 15.0. The minimum atomic E-state index is -0.131. The molecule has 1 aromatic carbocycles. The highest BCUT2D eigenvalue weighted by Crippen LogP contribution is 2.46. The lowest BCUT2D eigenvalue weighted by molar-refractivity contribution is 0.102. The topological polar surface area (TPSA) is 59.1 Å². The van der Waals surface area contributed by atoms with Crippen LogP contribution in [0.2, 0.25) is 0 Å². The summed E-state index contributed by atoms with van der Waals surface area (Å²) in [7, 11) is 0. The van der Waals surface area contributed by atoms with Gasteiger partial charge < -0.3 is 5.32 Å². The van der Waals surface area contributed by atoms with Gasteiger partial charge in [0.1, 0.15) is 11.8 Å². The minimum Gasteiger partial charge on any atom is -0.307 e. The largest absolute Gasteiger partial charge is 0.307 e. The SMILES string of the molecule is CC12CCCc3cc(C(=O)Nc4ccc(C=C=O)cn4)cc(c31)CCC2. The van der Waals surface area contributed by atoms with Crippen LogP contribution in [0.3, 0.4) is 0 Å². The molecule has 4 heteroatoms. The van der Waals surface area contributed by atoms with E-state index in [9.17, 15) is 9.59 Å². The van der Waals surface area contributed by atoms with Gasteiger partial charge in [0.05, 0.1) is 0 Å². The minimum absolute atomic E-state index is 0.131. The van der Waals surface area contributed by atoms with Crippen molar-refractivity contribution in [1.82, 2.24) is 4.98 Å². The second-order valence-electron chi connectivity index (χ2n) is 7.63. The number of nitrogens with zero attached hydrogens (tertiary/aromatic N) is 1. The van der Waals surface area contributed by atoms with E-state index in [2.05, 4.69) is 29.4 Å². The third kappa shape index (κ3) is 2.97. The summed E-state index contributed by atoms with van der Waals surface area (Å²) in [5.41, 5.74) is 5.87. The molecule has 1 N–H and O–H groups in total. The molecule has 1 amide bonds. The molecule has 2 aliphatic rings. The Hall–Kier alpha value is -2.71. The van der Waals surface area contributed by atoms with E-state index in [-0.39, 0.29) is 5.91 Å². The van der Waals surface area contributed by atoms with Crippen LogP contribution in [0.15, 0.2) is 30.5 Å². The molecule has 26 heavy (non-hydrogen) atoms. The first-order valence-electron chi connectivity index (χ1n) is 9.24. The number of carbonyl (C=O) groups is 1. The van der Waals surface area contributed by atoms with Crippen LogP contribution in [0.5, 0.6) is 0 Å². The molecule has 0 aliphatic heterocycles. The summed E-state index contributed by atoms with van der Waals surface area (Å²) in [6, 6.07) is 7.57. The summed E-state index contributed by atoms with van der Waals surface area (Å²) < 4.78 is 0. The van der Waals surface area contributed by atoms with Crippen LogP contribution >= 0.6 is 0 Å². The third-order valence-corrected chi connectivity index (χ3v) is 5.77. The average molecular weight is 346 g/mol. The molecule has 0 atom stereocenters. The van der Waals surface area contributed by atoms with Gasteiger partial charge in [-0.2, -0.15) is 0 Å². The Morgan fingerprint density at radius 1 is 1.19 bits per heavy atom. The van der Waals surface area contributed by atoms with Gasteiger partial charge >= 0.3 is 0 Å². The van der Waals surface area contributed by atoms with E-state index >= 15 is 0 Å². The Balaban J connectivity index is 1.62. The van der Waals surface area contributed by atoms with Gasteiger partial charge in [-0.3, -0.25) is 4.79 Å². The molecule has 1 aromatic heterocycles. The number of rotatable bonds is 3. The molecule has 0 fully saturated rings. The van der Waals surface area contributed by atoms with Crippen molar-refractivity contribution in [3.8, 4) is 0 Å². The number of aryl methyl sites for hydroxylation is 2. The number of anilines is 1. The molecule has 132 valence electrons. The van der Waals surface area contributed by atoms with Crippen molar-refractivity contribution in [1.29, 1.82) is 0 Å². The van der Waals surface area contributed by atoms with Crippen molar-refractivity contribution in [3.05, 3.63) is 58.3 Å². The smallest absolute Gasteiger partial charge is 0.256 e. The summed E-state index contributed by atoms with van der Waals surface area (Å²) in [4.78, 5) is 27.3. The number of hydrogen-bond acceptors (Lipinski definition) is 3. The Bertz CT molecular complexity index is 877. The van der Waals surface area contributed by atoms with Crippen molar-refractivity contribution in [2.75, 3.05) is 5.32 Å². The quantitative estimate of drug-likeness (QED) is 0.851. The fourth-order valence-electron chi connectivity index (χ4n) is 4.60. The molecule has 0 saturated carbocycles. The van der Waals surface area contributed by atoms with Crippen molar-refractivity contribution in [2.24, 2.45) is 0 Å². The molecular formula is C22H22N2O2. The fraction of sp³-hybridized carbons (Fsp3) is 0.364. The molecule has 4 nitrogen and oxygen atoms in total. The maximum atomic E-state index is 12.7. The Morgan fingerprint density at radius 2 is 1.88 bits per heavy atom. The van der Waals surface area contributed by atoms with Crippen molar-refractivity contribution in [2.45, 2.75) is 50.9 Å². The Labute approximate surface area is 153 Å². The molecular weight excluding hydrogens is 324 g/mol. The highest BCUT2D eigenvalue weighted by Gasteiger charge is 2.36. The first-order chi connectivity index (χ1) is 12.6. The van der Waals surface area contributed by atoms with Crippen molar-refractivity contribution in [3.63, 3.8) is 0 Å². The summed E-state index contributed by atoms with van der Waals surface area (Å²) in [5, 5.41) is 2.86. The number of aromatic nitrogens is 1. The lowest BCUT2D eigenvalue weighted by Gasteiger charge is -2.41. The second-order valence-corrected chi connectivity index (χ2v) is 7.63. The van der Waals surface area contributed by atoms with Crippen LogP contribution in [0, 0.1) is 0 Å². The third-order valence-electron chi connectivity index (χ3n) is 5.77. The Kier molecular flexibility index (Phi) is 4.21. The number of amides is 1. The van der Waals surface area contributed by atoms with E-state index < -0.39 is 0 Å². The molecule has 1 heterocycles. The zero-order chi connectivity index (χ0) is 18.1. The summed E-state index contributed by atoms with van der Waals surface area (Å²) in [6.07, 6.45) is 9.87. The molecule has 0 spiro atoms. The molecule has 0 saturated heterocycles. The number of benzene rings is 1. The van der Waals surface area contributed by atoms with Crippen LogP contribution in [0.4, 0.5) is 5.82 Å². The lowest BCUT2D eigenvalue weighted by atomic mass is 9.63. The zero-order valence-electron chi connectivity index (χ0n) is 15.0. The molecule has 4 rings (SSSR count). The van der Waals surface area contributed by atoms with Gasteiger partial charge in [0.25, 0.3) is 5.91 Å². The summed E-state index contributed by atoms with van der Waals surface area (Å²) in [6.45, 7) is 2.38. The van der Waals surface area contributed by atoms with Gasteiger partial charge in [-0.05, 0) is 84.9 Å². The fourth-order valence-corrected chi connectivity index (χ4v) is 4.60. The predicted octanol–water partition coefficient (Wildman–Crippen LogP) is 4.11. The summed E-state index contributed by atoms with van der Waals surface area (Å²) in [5.74, 6) is 2.07. The highest BCUT2D eigenvalue weighted by atomic mass is 16.1. The first kappa shape index (κ1) is 16.7. The van der Waals surface area contributed by atoms with Gasteiger partial charge in [-0.15, -0.1) is 0 Å². The highest BCUT2D eigenvalue weighted by molar-refractivity contribution is 6.04. The van der Waals surface area contributed by atoms with Crippen molar-refractivity contribution < 1.29 is 9.59 Å². The standard InChI is InChI=1S/C22H22N2O2/c1-22-9-2-4-16-12-18(13-17(20(16)22)5-3-10-22)21(26)24-19-7-6-15(8-11-25)14-23-19/h6-8,12-14H,2-5,9-10H2,1H3,(H,23,24,26). The van der Waals surface area contributed by atoms with E-state index in [1.165, 1.54) is 48.4 Å². The molecule has 2 aromatic rings. The van der Waals surface area contributed by atoms with Crippen LogP contribution in [-0.4, -0.2) is 16.8 Å². The van der Waals surface area contributed by atoms with Crippen molar-refractivity contribution >= 4 is 23.7 Å². The van der Waals surface area contributed by atoms with E-state index in [0.29, 0.717) is 22.4 Å². The average Bonchev–Trinajstić information content (AvgIpc) is 2.63. The summed E-state index contributed by atoms with van der Waals surface area (Å²) >= 11 is 0. The van der Waals surface area contributed by atoms with Gasteiger partial charge in [-0.25, -0.2) is 9.78 Å². The van der Waals surface area contributed by atoms with Crippen LogP contribution < -0.4 is 5.32 Å². The second kappa shape index (κ2) is 6.54. The van der Waals surface area contributed by atoms with Crippen LogP contribution in [0.1, 0.15) is 65.2 Å². The number of nitrogens with one attached hydrogen (secondary N) is 1. The molecule has 0 bridgehead atoms. The van der Waals surface area contributed by atoms with Crippen LogP contribution in [-0.2, 0) is 23.1 Å². The van der Waals surface area contributed by atoms with E-state index in [1.807, 2.05) is 0 Å². The predicted molar refractivity (Wildman–Crippen MR) is 102 cm³/mol. The maximum absolute atomic E-state index is 12.7. The lowest BCUT2D eigenvalue weighted by Crippen LogP contribution is -2.33. The van der Waals surface area contributed by atoms with Gasteiger partial charge in [-0.1, -0.05) is 6.92 Å². The monoisotopic (exact) mass is 346 g/mol. The van der Waals surface area contributed by atoms with E-state index in [4.69, 9.17) is 0 Å². The molecule has 0 radical (unpaired) electrons. The Morgan fingerprint density at radius 3 is 2.46 bits per heavy atom. The first-order valence-corrected chi connectivity index (χ1v) is 9.24. The number of hydrogen-bond donors (Lipinski definition) is 1. The maximum Gasteiger partial charge on any atom is 0.256 e. The normalized spacial score (nSPS) is 17.0. The van der Waals surface area contributed by atoms with Gasteiger partial charge in [0.2, 0.25) is 0 Å². The number of pyridine rings is 1. The van der Waals surface area contributed by atoms with E-state index in [0.717, 1.165) is 12.8 Å². The van der Waals surface area contributed by atoms with Gasteiger partial charge in [0.15, 0.2) is 0 Å². The molecule has 0 unspecified atom stereocenters. The van der Waals surface area contributed by atoms with E-state index in [1.54, 1.807) is 24.3 Å². The van der Waals surface area contributed by atoms with Gasteiger partial charge in [0, 0.05) is 23.4 Å².